The number of nitrogens with zero attached hydrogens (tertiary/aromatic N) is 1. The van der Waals surface area contributed by atoms with Crippen LogP contribution < -0.4 is 10.1 Å². The molecule has 2 heterocycles. The summed E-state index contributed by atoms with van der Waals surface area (Å²) < 4.78 is 0. The van der Waals surface area contributed by atoms with Gasteiger partial charge in [0.25, 0.3) is 5.91 Å². The molecule has 1 aliphatic rings. The van der Waals surface area contributed by atoms with Gasteiger partial charge in [0.1, 0.15) is 0 Å². The number of aromatic nitrogens is 1. The smallest absolute Gasteiger partial charge is 0.295 e. The zero-order valence-electron chi connectivity index (χ0n) is 15.3. The number of rotatable bonds is 4. The van der Waals surface area contributed by atoms with Gasteiger partial charge in [-0.1, -0.05) is 59.8 Å². The van der Waals surface area contributed by atoms with E-state index in [0.29, 0.717) is 16.1 Å². The maximum absolute atomic E-state index is 13.2. The average molecular weight is 405 g/mol. The fourth-order valence-electron chi connectivity index (χ4n) is 3.50. The molecule has 1 saturated heterocycles. The summed E-state index contributed by atoms with van der Waals surface area (Å²) in [5, 5.41) is 13.7. The second-order valence-corrected chi connectivity index (χ2v) is 7.17. The third kappa shape index (κ3) is 3.65. The van der Waals surface area contributed by atoms with E-state index < -0.39 is 23.5 Å². The van der Waals surface area contributed by atoms with Crippen LogP contribution in [0.4, 0.5) is 0 Å². The second-order valence-electron chi connectivity index (χ2n) is 6.74. The molecule has 0 saturated carbocycles. The second kappa shape index (κ2) is 7.89. The van der Waals surface area contributed by atoms with Crippen LogP contribution in [0.1, 0.15) is 22.7 Å². The molecule has 1 unspecified atom stereocenters. The summed E-state index contributed by atoms with van der Waals surface area (Å²) in [4.78, 5) is 30.2. The Hall–Kier alpha value is -3.44. The van der Waals surface area contributed by atoms with E-state index in [1.807, 2.05) is 42.5 Å². The highest BCUT2D eigenvalue weighted by atomic mass is 35.5. The van der Waals surface area contributed by atoms with Crippen molar-refractivity contribution >= 4 is 29.1 Å². The molecule has 3 aromatic rings. The molecular weight excluding hydrogens is 388 g/mol. The van der Waals surface area contributed by atoms with E-state index in [-0.39, 0.29) is 12.1 Å². The predicted octanol–water partition coefficient (Wildman–Crippen LogP) is 2.58. The van der Waals surface area contributed by atoms with Crippen LogP contribution in [0, 0.1) is 0 Å². The van der Waals surface area contributed by atoms with E-state index in [0.717, 1.165) is 5.56 Å². The molecule has 144 valence electrons. The number of likely N-dealkylation sites (tertiary alicyclic amines) is 1. The largest absolute Gasteiger partial charge is 0.872 e. The minimum Gasteiger partial charge on any atom is -0.872 e. The minimum absolute atomic E-state index is 0.0385. The van der Waals surface area contributed by atoms with Gasteiger partial charge in [-0.05, 0) is 29.3 Å². The topological polar surface area (TPSA) is 74.6 Å². The van der Waals surface area contributed by atoms with Gasteiger partial charge < -0.3 is 10.0 Å². The lowest BCUT2D eigenvalue weighted by Crippen LogP contribution is -2.29. The lowest BCUT2D eigenvalue weighted by atomic mass is 9.95. The van der Waals surface area contributed by atoms with E-state index in [1.54, 1.807) is 36.7 Å². The number of halogens is 1. The van der Waals surface area contributed by atoms with Gasteiger partial charge in [0.05, 0.1) is 12.6 Å². The Balaban J connectivity index is 1.85. The Labute approximate surface area is 172 Å². The first-order valence-corrected chi connectivity index (χ1v) is 9.46. The molecule has 0 aliphatic carbocycles. The number of carbonyl (C=O) groups excluding carboxylic acids is 2. The Morgan fingerprint density at radius 1 is 1.00 bits per heavy atom. The zero-order chi connectivity index (χ0) is 20.4. The normalized spacial score (nSPS) is 18.2. The van der Waals surface area contributed by atoms with Crippen LogP contribution in [-0.4, -0.2) is 16.6 Å². The number of nitrogens with one attached hydrogen (secondary N) is 1. The molecule has 1 aliphatic heterocycles. The molecule has 4 rings (SSSR count). The average Bonchev–Trinajstić information content (AvgIpc) is 3.00. The molecule has 0 radical (unpaired) electrons. The number of amides is 1. The van der Waals surface area contributed by atoms with Gasteiger partial charge in [0.2, 0.25) is 5.78 Å². The van der Waals surface area contributed by atoms with E-state index in [4.69, 9.17) is 11.6 Å². The first kappa shape index (κ1) is 18.9. The van der Waals surface area contributed by atoms with Gasteiger partial charge >= 0.3 is 0 Å². The Morgan fingerprint density at radius 3 is 2.38 bits per heavy atom. The van der Waals surface area contributed by atoms with E-state index in [9.17, 15) is 14.7 Å². The standard InChI is InChI=1S/C23H17ClN2O3/c24-18-10-8-17(9-11-18)21(27)19-20(16-6-2-1-3-7-16)26(23(29)22(19)28)14-15-5-4-12-25-13-15/h1-13,20,27H,14H2/b21-19+. The molecule has 29 heavy (non-hydrogen) atoms. The van der Waals surface area contributed by atoms with Crippen molar-refractivity contribution < 1.29 is 19.7 Å². The number of hydrogen-bond acceptors (Lipinski definition) is 3. The van der Waals surface area contributed by atoms with Gasteiger partial charge in [0.15, 0.2) is 12.4 Å². The molecule has 0 bridgehead atoms. The Morgan fingerprint density at radius 2 is 1.72 bits per heavy atom. The highest BCUT2D eigenvalue weighted by Crippen LogP contribution is 2.39. The maximum Gasteiger partial charge on any atom is 0.295 e. The molecule has 1 N–H and O–H groups in total. The van der Waals surface area contributed by atoms with Gasteiger partial charge in [0, 0.05) is 22.2 Å². The van der Waals surface area contributed by atoms with Crippen molar-refractivity contribution in [1.82, 2.24) is 4.90 Å². The number of aromatic amines is 1. The SMILES string of the molecule is O=C1C(=O)N(Cc2ccc[nH+]c2)C(c2ccccc2)/C1=C(\[O-])c1ccc(Cl)cc1. The number of benzene rings is 2. The third-order valence-corrected chi connectivity index (χ3v) is 5.13. The van der Waals surface area contributed by atoms with Gasteiger partial charge in [-0.15, -0.1) is 0 Å². The Bertz CT molecular complexity index is 1080. The van der Waals surface area contributed by atoms with Crippen LogP contribution in [0.25, 0.3) is 5.76 Å². The number of hydrogen-bond donors (Lipinski definition) is 0. The molecule has 5 nitrogen and oxygen atoms in total. The van der Waals surface area contributed by atoms with E-state index >= 15 is 0 Å². The molecule has 6 heteroatoms. The number of carbonyl (C=O) groups is 2. The van der Waals surface area contributed by atoms with Gasteiger partial charge in [-0.25, -0.2) is 4.98 Å². The lowest BCUT2D eigenvalue weighted by Gasteiger charge is -2.27. The first-order chi connectivity index (χ1) is 14.1. The van der Waals surface area contributed by atoms with Crippen molar-refractivity contribution in [2.75, 3.05) is 0 Å². The highest BCUT2D eigenvalue weighted by molar-refractivity contribution is 6.46. The summed E-state index contributed by atoms with van der Waals surface area (Å²) in [6.07, 6.45) is 3.52. The van der Waals surface area contributed by atoms with Crippen LogP contribution >= 0.6 is 11.6 Å². The van der Waals surface area contributed by atoms with E-state index in [2.05, 4.69) is 4.98 Å². The third-order valence-electron chi connectivity index (χ3n) is 4.88. The van der Waals surface area contributed by atoms with Crippen LogP contribution in [0.2, 0.25) is 5.02 Å². The number of H-pyrrole nitrogens is 1. The molecule has 1 atom stereocenters. The van der Waals surface area contributed by atoms with Crippen LogP contribution in [0.15, 0.2) is 84.7 Å². The molecule has 1 amide bonds. The summed E-state index contributed by atoms with van der Waals surface area (Å²) in [7, 11) is 0. The van der Waals surface area contributed by atoms with Gasteiger partial charge in [-0.2, -0.15) is 0 Å². The van der Waals surface area contributed by atoms with Crippen molar-refractivity contribution in [3.63, 3.8) is 0 Å². The van der Waals surface area contributed by atoms with Crippen molar-refractivity contribution in [2.24, 2.45) is 0 Å². The molecule has 1 aromatic heterocycles. The quantitative estimate of drug-likeness (QED) is 0.381. The first-order valence-electron chi connectivity index (χ1n) is 9.08. The van der Waals surface area contributed by atoms with Gasteiger partial charge in [-0.3, -0.25) is 9.59 Å². The van der Waals surface area contributed by atoms with Crippen molar-refractivity contribution in [3.8, 4) is 0 Å². The number of pyridine rings is 1. The molecular formula is C23H17ClN2O3. The zero-order valence-corrected chi connectivity index (χ0v) is 16.1. The summed E-state index contributed by atoms with van der Waals surface area (Å²) in [6, 6.07) is 18.3. The van der Waals surface area contributed by atoms with Crippen molar-refractivity contribution in [3.05, 3.63) is 106 Å². The lowest BCUT2D eigenvalue weighted by molar-refractivity contribution is -0.378. The van der Waals surface area contributed by atoms with Crippen molar-refractivity contribution in [1.29, 1.82) is 0 Å². The Kier molecular flexibility index (Phi) is 5.14. The monoisotopic (exact) mass is 404 g/mol. The summed E-state index contributed by atoms with van der Waals surface area (Å²) in [6.45, 7) is 0.207. The summed E-state index contributed by atoms with van der Waals surface area (Å²) >= 11 is 5.92. The van der Waals surface area contributed by atoms with Crippen LogP contribution in [0.5, 0.6) is 0 Å². The molecule has 1 fully saturated rings. The number of ketones is 1. The van der Waals surface area contributed by atoms with Crippen LogP contribution in [-0.2, 0) is 16.1 Å². The fraction of sp³-hybridized carbons (Fsp3) is 0.0870. The molecule has 0 spiro atoms. The van der Waals surface area contributed by atoms with Crippen molar-refractivity contribution in [2.45, 2.75) is 12.6 Å². The highest BCUT2D eigenvalue weighted by Gasteiger charge is 2.44. The summed E-state index contributed by atoms with van der Waals surface area (Å²) in [5.41, 5.74) is 1.82. The molecule has 2 aromatic carbocycles. The van der Waals surface area contributed by atoms with Crippen LogP contribution in [0.3, 0.4) is 0 Å². The predicted molar refractivity (Wildman–Crippen MR) is 106 cm³/mol. The minimum atomic E-state index is -0.765. The van der Waals surface area contributed by atoms with E-state index in [1.165, 1.54) is 4.90 Å². The number of Topliss-reactive ketones (excluding diaryl/α,β-unsaturated/α-hetero) is 1. The summed E-state index contributed by atoms with van der Waals surface area (Å²) in [5.74, 6) is -1.91. The maximum atomic E-state index is 13.2. The fourth-order valence-corrected chi connectivity index (χ4v) is 3.62.